The Labute approximate surface area is 391 Å². The molecule has 5 heteroatoms. The Morgan fingerprint density at radius 3 is 1.94 bits per heavy atom. The molecular formula is C62H42N4S. The zero-order valence-electron chi connectivity index (χ0n) is 37.0. The Balaban J connectivity index is 1.07. The summed E-state index contributed by atoms with van der Waals surface area (Å²) in [5, 5.41) is 9.81. The molecule has 316 valence electrons. The number of hydrogen-bond acceptors (Lipinski definition) is 3. The molecular weight excluding hydrogens is 833 g/mol. The van der Waals surface area contributed by atoms with Gasteiger partial charge >= 0.3 is 0 Å². The summed E-state index contributed by atoms with van der Waals surface area (Å²) < 4.78 is 6.14. The number of thiophene rings is 1. The molecule has 0 bridgehead atoms. The minimum absolute atomic E-state index is 0.113. The number of benzene rings is 9. The first kappa shape index (κ1) is 38.2. The summed E-state index contributed by atoms with van der Waals surface area (Å²) in [4.78, 5) is 12.5. The van der Waals surface area contributed by atoms with Gasteiger partial charge in [0.1, 0.15) is 10.7 Å². The number of nitrogens with zero attached hydrogens (tertiary/aromatic N) is 4. The summed E-state index contributed by atoms with van der Waals surface area (Å²) in [5.74, 6) is 0.737. The van der Waals surface area contributed by atoms with Gasteiger partial charge in [-0.2, -0.15) is 0 Å². The predicted molar refractivity (Wildman–Crippen MR) is 284 cm³/mol. The van der Waals surface area contributed by atoms with Crippen molar-refractivity contribution < 1.29 is 0 Å². The van der Waals surface area contributed by atoms with Crippen LogP contribution in [0.4, 0.5) is 0 Å². The lowest BCUT2D eigenvalue weighted by atomic mass is 9.83. The van der Waals surface area contributed by atoms with E-state index in [-0.39, 0.29) is 5.92 Å². The molecule has 0 spiro atoms. The van der Waals surface area contributed by atoms with Crippen molar-refractivity contribution in [1.82, 2.24) is 18.9 Å². The molecule has 0 N–H and O–H groups in total. The van der Waals surface area contributed by atoms with E-state index in [0.717, 1.165) is 44.9 Å². The Morgan fingerprint density at radius 2 is 1.13 bits per heavy atom. The second-order valence-electron chi connectivity index (χ2n) is 18.0. The highest BCUT2D eigenvalue weighted by atomic mass is 32.1. The molecule has 0 aliphatic heterocycles. The number of rotatable bonds is 7. The second-order valence-corrected chi connectivity index (χ2v) is 19.0. The van der Waals surface area contributed by atoms with Crippen molar-refractivity contribution in [2.45, 2.75) is 26.2 Å². The van der Waals surface area contributed by atoms with Gasteiger partial charge in [-0.1, -0.05) is 159 Å². The maximum atomic E-state index is 5.83. The summed E-state index contributed by atoms with van der Waals surface area (Å²) in [6.07, 6.45) is 0.819. The predicted octanol–water partition coefficient (Wildman–Crippen LogP) is 16.9. The van der Waals surface area contributed by atoms with E-state index in [1.807, 2.05) is 0 Å². The lowest BCUT2D eigenvalue weighted by Crippen LogP contribution is -2.09. The Bertz CT molecular complexity index is 4270. The summed E-state index contributed by atoms with van der Waals surface area (Å²) in [5.41, 5.74) is 16.7. The summed E-state index contributed by atoms with van der Waals surface area (Å²) in [6.45, 7) is 4.56. The van der Waals surface area contributed by atoms with E-state index in [2.05, 4.69) is 223 Å². The SMILES string of the molecule is CCC(c1nc(-c2ccc3c4ccccc4n(-c4ccccc4)c3c2)c2c(n1)sc1ccccc12)c1cc2c3ccc(-c4ccccc4)cc3n3c4ccccc4c(c1-c1ccccc1C)c23. The standard InChI is InChI=1S/C62H42N4S/c1-3-42(49-36-50-46-32-30-39(38-19-6-4-7-20-38)34-54(46)66-52-28-16-13-25-47(52)57(60(50)66)56(49)43-23-11-10-18-37(43)2)61-63-59(58-48-26-14-17-29-55(48)67-62(58)64-61)40-31-33-45-44-24-12-15-27-51(44)65(53(45)35-40)41-21-8-5-9-22-41/h4-36,42H,3H2,1-2H3. The number of hydrogen-bond donors (Lipinski definition) is 0. The third-order valence-electron chi connectivity index (χ3n) is 14.3. The van der Waals surface area contributed by atoms with Crippen LogP contribution in [0.1, 0.15) is 36.2 Å². The van der Waals surface area contributed by atoms with E-state index < -0.39 is 0 Å². The molecule has 67 heavy (non-hydrogen) atoms. The van der Waals surface area contributed by atoms with Crippen LogP contribution in [0, 0.1) is 6.92 Å². The van der Waals surface area contributed by atoms with Crippen molar-refractivity contribution >= 4 is 91.5 Å². The zero-order valence-corrected chi connectivity index (χ0v) is 37.9. The van der Waals surface area contributed by atoms with Gasteiger partial charge in [0.25, 0.3) is 0 Å². The van der Waals surface area contributed by atoms with Gasteiger partial charge in [0.15, 0.2) is 0 Å². The van der Waals surface area contributed by atoms with E-state index in [9.17, 15) is 0 Å². The second kappa shape index (κ2) is 14.7. The van der Waals surface area contributed by atoms with Crippen molar-refractivity contribution in [2.24, 2.45) is 0 Å². The van der Waals surface area contributed by atoms with Crippen LogP contribution in [0.5, 0.6) is 0 Å². The van der Waals surface area contributed by atoms with Gasteiger partial charge in [0, 0.05) is 65.0 Å². The molecule has 0 amide bonds. The fourth-order valence-corrected chi connectivity index (χ4v) is 12.4. The van der Waals surface area contributed by atoms with Crippen LogP contribution in [0.2, 0.25) is 0 Å². The molecule has 1 atom stereocenters. The van der Waals surface area contributed by atoms with Crippen LogP contribution in [-0.4, -0.2) is 18.9 Å². The molecule has 14 rings (SSSR count). The van der Waals surface area contributed by atoms with Crippen LogP contribution >= 0.6 is 11.3 Å². The van der Waals surface area contributed by atoms with Crippen LogP contribution in [0.3, 0.4) is 0 Å². The minimum Gasteiger partial charge on any atom is -0.309 e. The van der Waals surface area contributed by atoms with Gasteiger partial charge in [-0.15, -0.1) is 11.3 Å². The van der Waals surface area contributed by atoms with Crippen molar-refractivity contribution in [3.63, 3.8) is 0 Å². The maximum absolute atomic E-state index is 5.83. The van der Waals surface area contributed by atoms with Gasteiger partial charge in [-0.05, 0) is 95.3 Å². The van der Waals surface area contributed by atoms with Crippen molar-refractivity contribution in [3.05, 3.63) is 217 Å². The summed E-state index contributed by atoms with van der Waals surface area (Å²) in [7, 11) is 0. The van der Waals surface area contributed by atoms with E-state index in [4.69, 9.17) is 9.97 Å². The molecule has 14 aromatic rings. The van der Waals surface area contributed by atoms with E-state index in [1.165, 1.54) is 97.9 Å². The Morgan fingerprint density at radius 1 is 0.493 bits per heavy atom. The zero-order chi connectivity index (χ0) is 44.3. The number of aromatic nitrogens is 4. The molecule has 9 aromatic carbocycles. The van der Waals surface area contributed by atoms with Crippen molar-refractivity contribution in [1.29, 1.82) is 0 Å². The van der Waals surface area contributed by atoms with Gasteiger partial charge in [-0.25, -0.2) is 9.97 Å². The maximum Gasteiger partial charge on any atom is 0.138 e. The highest BCUT2D eigenvalue weighted by molar-refractivity contribution is 7.25. The molecule has 5 heterocycles. The smallest absolute Gasteiger partial charge is 0.138 e. The largest absolute Gasteiger partial charge is 0.309 e. The van der Waals surface area contributed by atoms with E-state index >= 15 is 0 Å². The number of para-hydroxylation sites is 3. The third-order valence-corrected chi connectivity index (χ3v) is 15.4. The van der Waals surface area contributed by atoms with Crippen molar-refractivity contribution in [2.75, 3.05) is 0 Å². The molecule has 0 aliphatic rings. The molecule has 1 unspecified atom stereocenters. The van der Waals surface area contributed by atoms with Crippen LogP contribution in [-0.2, 0) is 0 Å². The number of fused-ring (bicyclic) bond motifs is 12. The summed E-state index contributed by atoms with van der Waals surface area (Å²) in [6, 6.07) is 73.3. The topological polar surface area (TPSA) is 35.1 Å². The average Bonchev–Trinajstić information content (AvgIpc) is 4.12. The fraction of sp³-hybridized carbons (Fsp3) is 0.0645. The molecule has 0 fully saturated rings. The molecule has 0 saturated carbocycles. The van der Waals surface area contributed by atoms with Crippen LogP contribution in [0.25, 0.3) is 119 Å². The van der Waals surface area contributed by atoms with E-state index in [1.54, 1.807) is 11.3 Å². The lowest BCUT2D eigenvalue weighted by Gasteiger charge is -2.22. The van der Waals surface area contributed by atoms with Crippen LogP contribution < -0.4 is 0 Å². The third kappa shape index (κ3) is 5.59. The minimum atomic E-state index is -0.113. The van der Waals surface area contributed by atoms with Gasteiger partial charge in [0.2, 0.25) is 0 Å². The van der Waals surface area contributed by atoms with Gasteiger partial charge in [0.05, 0.1) is 33.3 Å². The monoisotopic (exact) mass is 874 g/mol. The fourth-order valence-electron chi connectivity index (χ4n) is 11.3. The number of aryl methyl sites for hydroxylation is 1. The molecule has 0 radical (unpaired) electrons. The molecule has 4 nitrogen and oxygen atoms in total. The Kier molecular flexibility index (Phi) is 8.37. The van der Waals surface area contributed by atoms with Crippen LogP contribution in [0.15, 0.2) is 200 Å². The van der Waals surface area contributed by atoms with Crippen molar-refractivity contribution in [3.8, 4) is 39.2 Å². The van der Waals surface area contributed by atoms with E-state index in [0.29, 0.717) is 0 Å². The first-order valence-corrected chi connectivity index (χ1v) is 24.1. The van der Waals surface area contributed by atoms with Gasteiger partial charge < -0.3 is 8.97 Å². The first-order valence-electron chi connectivity index (χ1n) is 23.3. The van der Waals surface area contributed by atoms with Gasteiger partial charge in [-0.3, -0.25) is 0 Å². The molecule has 0 aliphatic carbocycles. The molecule has 5 aromatic heterocycles. The molecule has 0 saturated heterocycles. The quantitative estimate of drug-likeness (QED) is 0.160. The lowest BCUT2D eigenvalue weighted by molar-refractivity contribution is 0.727. The Hall–Kier alpha value is -8.12. The first-order chi connectivity index (χ1) is 33.1. The normalized spacial score (nSPS) is 12.6. The highest BCUT2D eigenvalue weighted by Crippen LogP contribution is 2.50. The average molecular weight is 875 g/mol. The summed E-state index contributed by atoms with van der Waals surface area (Å²) >= 11 is 1.77. The highest BCUT2D eigenvalue weighted by Gasteiger charge is 2.30.